The van der Waals surface area contributed by atoms with E-state index in [2.05, 4.69) is 46.0 Å². The van der Waals surface area contributed by atoms with Gasteiger partial charge in [-0.1, -0.05) is 13.8 Å². The van der Waals surface area contributed by atoms with Gasteiger partial charge in [0.15, 0.2) is 0 Å². The highest BCUT2D eigenvalue weighted by Crippen LogP contribution is 2.25. The van der Waals surface area contributed by atoms with Crippen LogP contribution < -0.4 is 5.32 Å². The average molecular weight is 390 g/mol. The third kappa shape index (κ3) is 5.26. The van der Waals surface area contributed by atoms with Crippen LogP contribution in [0.4, 0.5) is 0 Å². The molecule has 2 fully saturated rings. The van der Waals surface area contributed by atoms with E-state index in [0.717, 1.165) is 25.2 Å². The molecule has 0 aliphatic carbocycles. The molecule has 0 bridgehead atoms. The van der Waals surface area contributed by atoms with E-state index in [9.17, 15) is 9.59 Å². The van der Waals surface area contributed by atoms with Crippen molar-refractivity contribution in [1.29, 1.82) is 0 Å². The second-order valence-electron chi connectivity index (χ2n) is 8.22. The Morgan fingerprint density at radius 3 is 2.75 bits per heavy atom. The molecule has 2 aliphatic rings. The topological polar surface area (TPSA) is 87.7 Å². The fourth-order valence-corrected chi connectivity index (χ4v) is 3.95. The molecular formula is C20H31N5O3. The summed E-state index contributed by atoms with van der Waals surface area (Å²) in [5, 5.41) is 2.89. The molecule has 2 saturated heterocycles. The van der Waals surface area contributed by atoms with E-state index >= 15 is 0 Å². The zero-order valence-electron chi connectivity index (χ0n) is 17.0. The molecule has 8 nitrogen and oxygen atoms in total. The zero-order chi connectivity index (χ0) is 20.1. The summed E-state index contributed by atoms with van der Waals surface area (Å²) in [7, 11) is 2.11. The third-order valence-electron chi connectivity index (χ3n) is 5.61. The molecule has 3 atom stereocenters. The Morgan fingerprint density at radius 1 is 1.29 bits per heavy atom. The van der Waals surface area contributed by atoms with Crippen LogP contribution in [0.3, 0.4) is 0 Å². The van der Waals surface area contributed by atoms with Crippen molar-refractivity contribution in [2.75, 3.05) is 39.8 Å². The van der Waals surface area contributed by atoms with Gasteiger partial charge in [-0.05, 0) is 24.9 Å². The van der Waals surface area contributed by atoms with Gasteiger partial charge in [0, 0.05) is 44.6 Å². The molecule has 1 aromatic rings. The fraction of sp³-hybridized carbons (Fsp3) is 0.700. The highest BCUT2D eigenvalue weighted by atomic mass is 16.5. The molecule has 0 spiro atoms. The van der Waals surface area contributed by atoms with Crippen molar-refractivity contribution in [3.05, 3.63) is 24.3 Å². The molecule has 1 unspecified atom stereocenters. The number of carbonyl (C=O) groups excluding carboxylic acids is 2. The van der Waals surface area contributed by atoms with Gasteiger partial charge in [-0.3, -0.25) is 9.59 Å². The van der Waals surface area contributed by atoms with Crippen molar-refractivity contribution < 1.29 is 14.3 Å². The van der Waals surface area contributed by atoms with Crippen LogP contribution in [0.5, 0.6) is 0 Å². The summed E-state index contributed by atoms with van der Waals surface area (Å²) < 4.78 is 5.80. The van der Waals surface area contributed by atoms with Crippen LogP contribution in [0, 0.1) is 11.8 Å². The highest BCUT2D eigenvalue weighted by molar-refractivity contribution is 5.80. The summed E-state index contributed by atoms with van der Waals surface area (Å²) in [4.78, 5) is 37.3. The smallest absolute Gasteiger partial charge is 0.228 e. The maximum absolute atomic E-state index is 13.1. The van der Waals surface area contributed by atoms with E-state index in [4.69, 9.17) is 4.74 Å². The van der Waals surface area contributed by atoms with Crippen LogP contribution >= 0.6 is 0 Å². The Kier molecular flexibility index (Phi) is 6.96. The minimum Gasteiger partial charge on any atom is -0.376 e. The van der Waals surface area contributed by atoms with Gasteiger partial charge in [-0.2, -0.15) is 0 Å². The first-order chi connectivity index (χ1) is 13.4. The summed E-state index contributed by atoms with van der Waals surface area (Å²) in [6.07, 6.45) is 5.49. The van der Waals surface area contributed by atoms with Crippen LogP contribution in [0.25, 0.3) is 0 Å². The van der Waals surface area contributed by atoms with E-state index in [1.807, 2.05) is 0 Å². The van der Waals surface area contributed by atoms with Gasteiger partial charge >= 0.3 is 0 Å². The number of rotatable bonds is 6. The lowest BCUT2D eigenvalue weighted by Crippen LogP contribution is -2.57. The molecule has 28 heavy (non-hydrogen) atoms. The van der Waals surface area contributed by atoms with E-state index < -0.39 is 0 Å². The largest absolute Gasteiger partial charge is 0.376 e. The van der Waals surface area contributed by atoms with Crippen molar-refractivity contribution in [3.8, 4) is 0 Å². The van der Waals surface area contributed by atoms with Crippen LogP contribution in [-0.4, -0.2) is 83.6 Å². The normalized spacial score (nSPS) is 25.9. The predicted octanol–water partition coefficient (Wildman–Crippen LogP) is 0.339. The van der Waals surface area contributed by atoms with Gasteiger partial charge in [0.1, 0.15) is 6.33 Å². The molecule has 3 heterocycles. The van der Waals surface area contributed by atoms with Crippen molar-refractivity contribution in [2.24, 2.45) is 11.8 Å². The molecule has 0 aromatic carbocycles. The third-order valence-corrected chi connectivity index (χ3v) is 5.61. The summed E-state index contributed by atoms with van der Waals surface area (Å²) in [6.45, 7) is 7.80. The summed E-state index contributed by atoms with van der Waals surface area (Å²) in [5.74, 6) is 0.411. The molecule has 1 aromatic heterocycles. The summed E-state index contributed by atoms with van der Waals surface area (Å²) in [5.41, 5.74) is 0.773. The number of nitrogens with one attached hydrogen (secondary N) is 1. The molecule has 0 saturated carbocycles. The van der Waals surface area contributed by atoms with Crippen LogP contribution in [0.2, 0.25) is 0 Å². The quantitative estimate of drug-likeness (QED) is 0.755. The molecule has 154 valence electrons. The lowest BCUT2D eigenvalue weighted by molar-refractivity contribution is -0.141. The molecule has 2 amide bonds. The Balaban J connectivity index is 1.46. The number of hydrogen-bond donors (Lipinski definition) is 1. The minimum absolute atomic E-state index is 0.0906. The molecular weight excluding hydrogens is 358 g/mol. The van der Waals surface area contributed by atoms with Gasteiger partial charge in [0.25, 0.3) is 0 Å². The van der Waals surface area contributed by atoms with Gasteiger partial charge < -0.3 is 19.9 Å². The number of ether oxygens (including phenoxy) is 1. The highest BCUT2D eigenvalue weighted by Gasteiger charge is 2.38. The fourth-order valence-electron chi connectivity index (χ4n) is 3.95. The monoisotopic (exact) mass is 389 g/mol. The predicted molar refractivity (Wildman–Crippen MR) is 104 cm³/mol. The second kappa shape index (κ2) is 9.43. The Hall–Kier alpha value is -2.06. The molecule has 3 rings (SSSR count). The van der Waals surface area contributed by atoms with Gasteiger partial charge in [0.05, 0.1) is 25.0 Å². The van der Waals surface area contributed by atoms with Crippen LogP contribution in [0.1, 0.15) is 25.8 Å². The SMILES string of the molecule is CC(C)C1CN(C)CCN1C(=O)[C@@H]1CO[C@H](CNC(=O)Cc2cncnc2)C1. The molecule has 8 heteroatoms. The van der Waals surface area contributed by atoms with E-state index in [0.29, 0.717) is 25.5 Å². The number of piperazine rings is 1. The van der Waals surface area contributed by atoms with Gasteiger partial charge in [-0.15, -0.1) is 0 Å². The number of hydrogen-bond acceptors (Lipinski definition) is 6. The van der Waals surface area contributed by atoms with Crippen molar-refractivity contribution in [1.82, 2.24) is 25.1 Å². The van der Waals surface area contributed by atoms with Crippen molar-refractivity contribution >= 4 is 11.8 Å². The number of likely N-dealkylation sites (N-methyl/N-ethyl adjacent to an activating group) is 1. The van der Waals surface area contributed by atoms with Crippen molar-refractivity contribution in [3.63, 3.8) is 0 Å². The average Bonchev–Trinajstić information content (AvgIpc) is 3.15. The van der Waals surface area contributed by atoms with E-state index in [1.54, 1.807) is 12.4 Å². The van der Waals surface area contributed by atoms with Crippen LogP contribution in [0.15, 0.2) is 18.7 Å². The summed E-state index contributed by atoms with van der Waals surface area (Å²) >= 11 is 0. The summed E-state index contributed by atoms with van der Waals surface area (Å²) in [6, 6.07) is 0.248. The molecule has 0 radical (unpaired) electrons. The van der Waals surface area contributed by atoms with Gasteiger partial charge in [-0.25, -0.2) is 9.97 Å². The lowest BCUT2D eigenvalue weighted by atomic mass is 9.96. The number of aromatic nitrogens is 2. The maximum atomic E-state index is 13.1. The van der Waals surface area contributed by atoms with E-state index in [1.165, 1.54) is 6.33 Å². The maximum Gasteiger partial charge on any atom is 0.228 e. The first-order valence-corrected chi connectivity index (χ1v) is 10.0. The Labute approximate surface area is 166 Å². The minimum atomic E-state index is -0.117. The number of nitrogens with zero attached hydrogens (tertiary/aromatic N) is 4. The number of carbonyl (C=O) groups is 2. The van der Waals surface area contributed by atoms with Gasteiger partial charge in [0.2, 0.25) is 11.8 Å². The standard InChI is InChI=1S/C20H31N5O3/c1-14(2)18-11-24(3)4-5-25(18)20(27)16-7-17(28-12-16)10-23-19(26)6-15-8-21-13-22-9-15/h8-9,13-14,16-18H,4-7,10-12H2,1-3H3,(H,23,26)/t16-,17-,18?/m0/s1. The molecule has 2 aliphatic heterocycles. The second-order valence-corrected chi connectivity index (χ2v) is 8.22. The first-order valence-electron chi connectivity index (χ1n) is 10.0. The lowest BCUT2D eigenvalue weighted by Gasteiger charge is -2.43. The Bertz CT molecular complexity index is 669. The van der Waals surface area contributed by atoms with E-state index in [-0.39, 0.29) is 36.3 Å². The number of amides is 2. The zero-order valence-corrected chi connectivity index (χ0v) is 17.0. The molecule has 1 N–H and O–H groups in total. The Morgan fingerprint density at radius 2 is 2.04 bits per heavy atom. The van der Waals surface area contributed by atoms with Crippen LogP contribution in [-0.2, 0) is 20.7 Å². The van der Waals surface area contributed by atoms with Crippen molar-refractivity contribution in [2.45, 2.75) is 38.8 Å². The first kappa shape index (κ1) is 20.7.